The Hall–Kier alpha value is -0.990. The van der Waals surface area contributed by atoms with Gasteiger partial charge in [0.2, 0.25) is 0 Å². The number of hydrogen-bond acceptors (Lipinski definition) is 1. The minimum Gasteiger partial charge on any atom is -0.345 e. The third-order valence-corrected chi connectivity index (χ3v) is 2.66. The fourth-order valence-corrected chi connectivity index (χ4v) is 1.83. The van der Waals surface area contributed by atoms with Crippen LogP contribution in [0.2, 0.25) is 5.02 Å². The van der Waals surface area contributed by atoms with Gasteiger partial charge in [-0.1, -0.05) is 23.8 Å². The Labute approximate surface area is 97.9 Å². The van der Waals surface area contributed by atoms with Gasteiger partial charge in [-0.05, 0) is 12.5 Å². The molecule has 0 saturated heterocycles. The molecule has 2 heterocycles. The van der Waals surface area contributed by atoms with Gasteiger partial charge in [-0.2, -0.15) is 0 Å². The van der Waals surface area contributed by atoms with Gasteiger partial charge in [0.1, 0.15) is 5.65 Å². The standard InChI is InChI=1S/C11H10Cl2N2/c12-5-2-1-3-8-7-15-11-10(8)9(13)4-6-14-11/h1,3-4,6-7H,2,5H2,(H,14,15). The second kappa shape index (κ2) is 4.69. The Morgan fingerprint density at radius 3 is 3.13 bits per heavy atom. The molecule has 4 heteroatoms. The molecule has 78 valence electrons. The van der Waals surface area contributed by atoms with E-state index in [1.54, 1.807) is 12.3 Å². The number of allylic oxidation sites excluding steroid dienone is 1. The zero-order chi connectivity index (χ0) is 10.7. The second-order valence-corrected chi connectivity index (χ2v) is 3.93. The molecule has 15 heavy (non-hydrogen) atoms. The van der Waals surface area contributed by atoms with Gasteiger partial charge < -0.3 is 4.98 Å². The molecule has 2 aromatic heterocycles. The molecule has 0 aromatic carbocycles. The lowest BCUT2D eigenvalue weighted by Crippen LogP contribution is -1.76. The molecular weight excluding hydrogens is 231 g/mol. The predicted octanol–water partition coefficient (Wildman–Crippen LogP) is 3.86. The Bertz CT molecular complexity index is 488. The Morgan fingerprint density at radius 1 is 1.47 bits per heavy atom. The van der Waals surface area contributed by atoms with Crippen LogP contribution in [-0.4, -0.2) is 15.8 Å². The molecule has 0 aliphatic rings. The van der Waals surface area contributed by atoms with Crippen LogP contribution in [-0.2, 0) is 0 Å². The maximum Gasteiger partial charge on any atom is 0.139 e. The number of fused-ring (bicyclic) bond motifs is 1. The van der Waals surface area contributed by atoms with Crippen LogP contribution < -0.4 is 0 Å². The van der Waals surface area contributed by atoms with Crippen LogP contribution in [0.15, 0.2) is 24.5 Å². The van der Waals surface area contributed by atoms with E-state index in [1.165, 1.54) is 0 Å². The number of alkyl halides is 1. The third kappa shape index (κ3) is 2.16. The predicted molar refractivity (Wildman–Crippen MR) is 65.5 cm³/mol. The minimum absolute atomic E-state index is 0.630. The van der Waals surface area contributed by atoms with Crippen molar-refractivity contribution in [3.8, 4) is 0 Å². The van der Waals surface area contributed by atoms with Gasteiger partial charge in [-0.15, -0.1) is 11.6 Å². The van der Waals surface area contributed by atoms with E-state index in [0.717, 1.165) is 23.0 Å². The molecule has 0 bridgehead atoms. The van der Waals surface area contributed by atoms with Gasteiger partial charge in [0.05, 0.1) is 5.02 Å². The van der Waals surface area contributed by atoms with Crippen LogP contribution >= 0.6 is 23.2 Å². The number of hydrogen-bond donors (Lipinski definition) is 1. The van der Waals surface area contributed by atoms with Crippen molar-refractivity contribution in [1.82, 2.24) is 9.97 Å². The van der Waals surface area contributed by atoms with E-state index < -0.39 is 0 Å². The third-order valence-electron chi connectivity index (χ3n) is 2.13. The van der Waals surface area contributed by atoms with Crippen molar-refractivity contribution in [2.24, 2.45) is 0 Å². The summed E-state index contributed by atoms with van der Waals surface area (Å²) in [5, 5.41) is 1.68. The van der Waals surface area contributed by atoms with Crippen LogP contribution in [0.25, 0.3) is 17.1 Å². The van der Waals surface area contributed by atoms with E-state index in [4.69, 9.17) is 23.2 Å². The van der Waals surface area contributed by atoms with Gasteiger partial charge in [0.15, 0.2) is 0 Å². The molecule has 2 aromatic rings. The first-order valence-corrected chi connectivity index (χ1v) is 5.58. The van der Waals surface area contributed by atoms with E-state index in [1.807, 2.05) is 18.3 Å². The lowest BCUT2D eigenvalue weighted by molar-refractivity contribution is 1.24. The minimum atomic E-state index is 0.630. The van der Waals surface area contributed by atoms with Gasteiger partial charge in [0.25, 0.3) is 0 Å². The van der Waals surface area contributed by atoms with Crippen molar-refractivity contribution in [2.75, 3.05) is 5.88 Å². The first-order valence-electron chi connectivity index (χ1n) is 4.67. The zero-order valence-corrected chi connectivity index (χ0v) is 9.52. The molecular formula is C11H10Cl2N2. The number of pyridine rings is 1. The summed E-state index contributed by atoms with van der Waals surface area (Å²) in [7, 11) is 0. The van der Waals surface area contributed by atoms with E-state index in [9.17, 15) is 0 Å². The van der Waals surface area contributed by atoms with Crippen LogP contribution in [0, 0.1) is 0 Å². The molecule has 0 fully saturated rings. The molecule has 0 aliphatic carbocycles. The van der Waals surface area contributed by atoms with E-state index >= 15 is 0 Å². The van der Waals surface area contributed by atoms with Crippen LogP contribution in [0.4, 0.5) is 0 Å². The van der Waals surface area contributed by atoms with Crippen LogP contribution in [0.3, 0.4) is 0 Å². The Balaban J connectivity index is 2.44. The number of halogens is 2. The molecule has 0 spiro atoms. The van der Waals surface area contributed by atoms with Gasteiger partial charge in [-0.3, -0.25) is 0 Å². The average molecular weight is 241 g/mol. The van der Waals surface area contributed by atoms with Crippen molar-refractivity contribution in [3.63, 3.8) is 0 Å². The Morgan fingerprint density at radius 2 is 2.33 bits per heavy atom. The summed E-state index contributed by atoms with van der Waals surface area (Å²) in [5.41, 5.74) is 1.86. The Kier molecular flexibility index (Phi) is 3.29. The molecule has 0 atom stereocenters. The summed E-state index contributed by atoms with van der Waals surface area (Å²) in [6, 6.07) is 1.79. The number of nitrogens with zero attached hydrogens (tertiary/aromatic N) is 1. The van der Waals surface area contributed by atoms with Crippen molar-refractivity contribution < 1.29 is 0 Å². The SMILES string of the molecule is ClCCC=Cc1c[nH]c2nccc(Cl)c12. The van der Waals surface area contributed by atoms with Crippen molar-refractivity contribution in [2.45, 2.75) is 6.42 Å². The molecule has 0 unspecified atom stereocenters. The topological polar surface area (TPSA) is 28.7 Å². The molecule has 0 amide bonds. The first-order chi connectivity index (χ1) is 7.33. The molecule has 0 radical (unpaired) electrons. The molecule has 0 saturated carbocycles. The lowest BCUT2D eigenvalue weighted by atomic mass is 10.2. The van der Waals surface area contributed by atoms with E-state index in [2.05, 4.69) is 9.97 Å². The lowest BCUT2D eigenvalue weighted by Gasteiger charge is -1.94. The summed E-state index contributed by atoms with van der Waals surface area (Å²) >= 11 is 11.7. The number of aromatic amines is 1. The van der Waals surface area contributed by atoms with Crippen LogP contribution in [0.5, 0.6) is 0 Å². The monoisotopic (exact) mass is 240 g/mol. The highest BCUT2D eigenvalue weighted by molar-refractivity contribution is 6.35. The van der Waals surface area contributed by atoms with Crippen molar-refractivity contribution in [3.05, 3.63) is 35.1 Å². The van der Waals surface area contributed by atoms with Crippen molar-refractivity contribution in [1.29, 1.82) is 0 Å². The maximum atomic E-state index is 6.10. The molecule has 0 aliphatic heterocycles. The average Bonchev–Trinajstić information content (AvgIpc) is 2.63. The molecule has 2 nitrogen and oxygen atoms in total. The van der Waals surface area contributed by atoms with Gasteiger partial charge in [-0.25, -0.2) is 4.98 Å². The quantitative estimate of drug-likeness (QED) is 0.812. The first kappa shape index (κ1) is 10.5. The highest BCUT2D eigenvalue weighted by Gasteiger charge is 2.05. The number of aromatic nitrogens is 2. The number of nitrogens with one attached hydrogen (secondary N) is 1. The maximum absolute atomic E-state index is 6.10. The van der Waals surface area contributed by atoms with Gasteiger partial charge >= 0.3 is 0 Å². The number of H-pyrrole nitrogens is 1. The summed E-state index contributed by atoms with van der Waals surface area (Å²) < 4.78 is 0. The zero-order valence-electron chi connectivity index (χ0n) is 8.00. The van der Waals surface area contributed by atoms with E-state index in [-0.39, 0.29) is 0 Å². The summed E-state index contributed by atoms with van der Waals surface area (Å²) in [5.74, 6) is 0.630. The highest BCUT2D eigenvalue weighted by atomic mass is 35.5. The largest absolute Gasteiger partial charge is 0.345 e. The number of rotatable bonds is 3. The molecule has 1 N–H and O–H groups in total. The highest BCUT2D eigenvalue weighted by Crippen LogP contribution is 2.25. The van der Waals surface area contributed by atoms with Gasteiger partial charge in [0, 0.05) is 29.2 Å². The summed E-state index contributed by atoms with van der Waals surface area (Å²) in [6.07, 6.45) is 8.47. The molecule has 2 rings (SSSR count). The summed E-state index contributed by atoms with van der Waals surface area (Å²) in [6.45, 7) is 0. The fourth-order valence-electron chi connectivity index (χ4n) is 1.45. The van der Waals surface area contributed by atoms with Crippen molar-refractivity contribution >= 4 is 40.3 Å². The fraction of sp³-hybridized carbons (Fsp3) is 0.182. The smallest absolute Gasteiger partial charge is 0.139 e. The second-order valence-electron chi connectivity index (χ2n) is 3.14. The van der Waals surface area contributed by atoms with Crippen LogP contribution in [0.1, 0.15) is 12.0 Å². The summed E-state index contributed by atoms with van der Waals surface area (Å²) in [4.78, 5) is 7.27. The van der Waals surface area contributed by atoms with E-state index in [0.29, 0.717) is 10.9 Å². The normalized spacial score (nSPS) is 11.6.